The number of hydrogen-bond donors (Lipinski definition) is 2. The molecular weight excluding hydrogens is 326 g/mol. The van der Waals surface area contributed by atoms with Crippen LogP contribution in [-0.2, 0) is 13.0 Å². The summed E-state index contributed by atoms with van der Waals surface area (Å²) in [6, 6.07) is 6.08. The van der Waals surface area contributed by atoms with Crippen LogP contribution in [0.4, 0.5) is 5.95 Å². The third-order valence-corrected chi connectivity index (χ3v) is 4.62. The largest absolute Gasteiger partial charge is 0.354 e. The molecule has 3 aromatic heterocycles. The first kappa shape index (κ1) is 16.7. The number of imidazole rings is 1. The van der Waals surface area contributed by atoms with E-state index in [-0.39, 0.29) is 6.04 Å². The molecule has 1 atom stereocenters. The monoisotopic (exact) mass is 349 g/mol. The van der Waals surface area contributed by atoms with E-state index < -0.39 is 0 Å². The van der Waals surface area contributed by atoms with E-state index in [4.69, 9.17) is 0 Å². The summed E-state index contributed by atoms with van der Waals surface area (Å²) < 4.78 is 0. The van der Waals surface area contributed by atoms with Crippen LogP contribution in [0.2, 0.25) is 0 Å². The number of H-pyrrole nitrogens is 1. The molecule has 0 aliphatic carbocycles. The van der Waals surface area contributed by atoms with Crippen molar-refractivity contribution in [3.8, 4) is 0 Å². The molecule has 0 spiro atoms. The number of hydrogen-bond acceptors (Lipinski definition) is 6. The number of fused-ring (bicyclic) bond motifs is 1. The second kappa shape index (κ2) is 7.61. The van der Waals surface area contributed by atoms with Crippen molar-refractivity contribution >= 4 is 5.95 Å². The van der Waals surface area contributed by atoms with E-state index in [1.54, 1.807) is 6.33 Å². The first-order valence-corrected chi connectivity index (χ1v) is 9.07. The fraction of sp³-hybridized carbons (Fsp3) is 0.368. The van der Waals surface area contributed by atoms with Gasteiger partial charge in [0.15, 0.2) is 0 Å². The first-order chi connectivity index (χ1) is 12.8. The predicted octanol–water partition coefficient (Wildman–Crippen LogP) is 2.56. The summed E-state index contributed by atoms with van der Waals surface area (Å²) >= 11 is 0. The summed E-state index contributed by atoms with van der Waals surface area (Å²) in [6.45, 7) is 4.71. The number of anilines is 1. The minimum atomic E-state index is 0.0455. The minimum Gasteiger partial charge on any atom is -0.354 e. The van der Waals surface area contributed by atoms with Crippen molar-refractivity contribution in [3.63, 3.8) is 0 Å². The zero-order valence-corrected chi connectivity index (χ0v) is 14.9. The number of nitrogens with zero attached hydrogens (tertiary/aromatic N) is 5. The van der Waals surface area contributed by atoms with Gasteiger partial charge in [0, 0.05) is 55.9 Å². The van der Waals surface area contributed by atoms with Gasteiger partial charge in [-0.15, -0.1) is 0 Å². The molecule has 0 aromatic carbocycles. The van der Waals surface area contributed by atoms with E-state index >= 15 is 0 Å². The van der Waals surface area contributed by atoms with Gasteiger partial charge in [-0.3, -0.25) is 9.88 Å². The molecule has 4 rings (SSSR count). The second-order valence-corrected chi connectivity index (χ2v) is 6.49. The Morgan fingerprint density at radius 3 is 2.85 bits per heavy atom. The lowest BCUT2D eigenvalue weighted by molar-refractivity contribution is 0.196. The fourth-order valence-corrected chi connectivity index (χ4v) is 3.36. The average molecular weight is 349 g/mol. The van der Waals surface area contributed by atoms with Crippen LogP contribution < -0.4 is 5.32 Å². The molecule has 0 unspecified atom stereocenters. The van der Waals surface area contributed by atoms with Gasteiger partial charge in [0.05, 0.1) is 23.8 Å². The molecule has 0 saturated heterocycles. The molecule has 1 aliphatic heterocycles. The Bertz CT molecular complexity index is 829. The molecule has 0 bridgehead atoms. The van der Waals surface area contributed by atoms with Crippen LogP contribution in [0.5, 0.6) is 0 Å². The van der Waals surface area contributed by atoms with Gasteiger partial charge in [-0.1, -0.05) is 13.0 Å². The van der Waals surface area contributed by atoms with Crippen molar-refractivity contribution in [2.45, 2.75) is 32.4 Å². The van der Waals surface area contributed by atoms with E-state index in [0.29, 0.717) is 5.95 Å². The zero-order chi connectivity index (χ0) is 17.8. The summed E-state index contributed by atoms with van der Waals surface area (Å²) in [4.78, 5) is 23.7. The Labute approximate surface area is 152 Å². The fourth-order valence-electron chi connectivity index (χ4n) is 3.36. The third kappa shape index (κ3) is 3.43. The van der Waals surface area contributed by atoms with E-state index in [9.17, 15) is 0 Å². The summed E-state index contributed by atoms with van der Waals surface area (Å²) in [5.74, 6) is 0.685. The Morgan fingerprint density at radius 2 is 2.08 bits per heavy atom. The topological polar surface area (TPSA) is 82.6 Å². The number of nitrogens with one attached hydrogen (secondary N) is 2. The highest BCUT2D eigenvalue weighted by atomic mass is 15.2. The van der Waals surface area contributed by atoms with Gasteiger partial charge in [0.1, 0.15) is 0 Å². The molecule has 2 N–H and O–H groups in total. The van der Waals surface area contributed by atoms with Crippen LogP contribution in [-0.4, -0.2) is 42.9 Å². The van der Waals surface area contributed by atoms with Gasteiger partial charge in [0.25, 0.3) is 0 Å². The van der Waals surface area contributed by atoms with Crippen LogP contribution in [0.15, 0.2) is 43.1 Å². The Kier molecular flexibility index (Phi) is 4.88. The normalized spacial score (nSPS) is 17.0. The Hall–Kier alpha value is -2.80. The molecule has 3 aromatic rings. The van der Waals surface area contributed by atoms with Crippen LogP contribution in [0.25, 0.3) is 0 Å². The molecular formula is C19H23N7. The number of rotatable bonds is 6. The molecule has 4 heterocycles. The average Bonchev–Trinajstić information content (AvgIpc) is 3.17. The van der Waals surface area contributed by atoms with Gasteiger partial charge in [0.2, 0.25) is 5.95 Å². The first-order valence-electron chi connectivity index (χ1n) is 9.07. The SMILES string of the molecule is CCCNc1ncc(CN2CCc3[nH]cnc3[C@@H]2c2ccccn2)cn1. The number of pyridine rings is 1. The molecule has 0 saturated carbocycles. The summed E-state index contributed by atoms with van der Waals surface area (Å²) in [7, 11) is 0. The van der Waals surface area contributed by atoms with Crippen molar-refractivity contribution in [2.24, 2.45) is 0 Å². The van der Waals surface area contributed by atoms with E-state index in [2.05, 4.69) is 48.1 Å². The van der Waals surface area contributed by atoms with Gasteiger partial charge in [-0.2, -0.15) is 0 Å². The van der Waals surface area contributed by atoms with Gasteiger partial charge < -0.3 is 10.3 Å². The van der Waals surface area contributed by atoms with E-state index in [1.165, 1.54) is 5.69 Å². The number of aromatic amines is 1. The van der Waals surface area contributed by atoms with Crippen molar-refractivity contribution < 1.29 is 0 Å². The molecule has 7 heteroatoms. The van der Waals surface area contributed by atoms with Crippen molar-refractivity contribution in [1.29, 1.82) is 0 Å². The predicted molar refractivity (Wildman–Crippen MR) is 99.6 cm³/mol. The van der Waals surface area contributed by atoms with E-state index in [1.807, 2.05) is 30.7 Å². The molecule has 0 radical (unpaired) electrons. The lowest BCUT2D eigenvalue weighted by Crippen LogP contribution is -2.36. The molecule has 7 nitrogen and oxygen atoms in total. The van der Waals surface area contributed by atoms with Gasteiger partial charge >= 0.3 is 0 Å². The molecule has 26 heavy (non-hydrogen) atoms. The molecule has 0 fully saturated rings. The molecule has 1 aliphatic rings. The summed E-state index contributed by atoms with van der Waals surface area (Å²) in [6.07, 6.45) is 9.43. The van der Waals surface area contributed by atoms with Crippen LogP contribution in [0, 0.1) is 0 Å². The van der Waals surface area contributed by atoms with Crippen molar-refractivity contribution in [1.82, 2.24) is 29.8 Å². The highest BCUT2D eigenvalue weighted by molar-refractivity contribution is 5.29. The van der Waals surface area contributed by atoms with Crippen molar-refractivity contribution in [2.75, 3.05) is 18.4 Å². The van der Waals surface area contributed by atoms with Crippen LogP contribution in [0.3, 0.4) is 0 Å². The Balaban J connectivity index is 1.57. The van der Waals surface area contributed by atoms with Crippen LogP contribution in [0.1, 0.15) is 42.0 Å². The maximum absolute atomic E-state index is 4.58. The molecule has 0 amide bonds. The number of aromatic nitrogens is 5. The summed E-state index contributed by atoms with van der Waals surface area (Å²) in [5.41, 5.74) is 4.37. The van der Waals surface area contributed by atoms with Gasteiger partial charge in [-0.25, -0.2) is 15.0 Å². The zero-order valence-electron chi connectivity index (χ0n) is 14.9. The van der Waals surface area contributed by atoms with Crippen molar-refractivity contribution in [3.05, 3.63) is 65.8 Å². The lowest BCUT2D eigenvalue weighted by Gasteiger charge is -2.34. The second-order valence-electron chi connectivity index (χ2n) is 6.49. The third-order valence-electron chi connectivity index (χ3n) is 4.62. The quantitative estimate of drug-likeness (QED) is 0.712. The lowest BCUT2D eigenvalue weighted by atomic mass is 9.99. The maximum atomic E-state index is 4.58. The maximum Gasteiger partial charge on any atom is 0.222 e. The smallest absolute Gasteiger partial charge is 0.222 e. The van der Waals surface area contributed by atoms with E-state index in [0.717, 1.165) is 49.4 Å². The van der Waals surface area contributed by atoms with Gasteiger partial charge in [-0.05, 0) is 18.6 Å². The highest BCUT2D eigenvalue weighted by Crippen LogP contribution is 2.33. The summed E-state index contributed by atoms with van der Waals surface area (Å²) in [5, 5.41) is 3.21. The minimum absolute atomic E-state index is 0.0455. The Morgan fingerprint density at radius 1 is 1.19 bits per heavy atom. The molecule has 134 valence electrons. The van der Waals surface area contributed by atoms with Crippen LogP contribution >= 0.6 is 0 Å². The standard InChI is InChI=1S/C19H23N7/c1-2-7-21-19-22-10-14(11-23-19)12-26-9-6-15-17(25-13-24-15)18(26)16-5-3-4-8-20-16/h3-5,8,10-11,13,18H,2,6-7,9,12H2,1H3,(H,24,25)(H,21,22,23)/t18-/m0/s1. The highest BCUT2D eigenvalue weighted by Gasteiger charge is 2.31.